The van der Waals surface area contributed by atoms with Crippen LogP contribution in [0.4, 0.5) is 0 Å². The van der Waals surface area contributed by atoms with Crippen LogP contribution in [0.2, 0.25) is 0 Å². The molecule has 0 heterocycles. The Labute approximate surface area is 660 Å². The van der Waals surface area contributed by atoms with Crippen molar-refractivity contribution in [3.63, 3.8) is 0 Å². The Morgan fingerprint density at radius 1 is 0.297 bits per heavy atom. The molecular weight excluding hydrogens is 1520 g/mol. The van der Waals surface area contributed by atoms with Gasteiger partial charge >= 0.3 is 35.8 Å². The van der Waals surface area contributed by atoms with E-state index in [1.807, 2.05) is 0 Å². The summed E-state index contributed by atoms with van der Waals surface area (Å²) in [5, 5.41) is 2.51. The molecule has 9 aromatic carbocycles. The standard InChI is InChI=1S/C87H89O18P3S3/c1-8-87(57-103-78(91)54-109-42-39-75(88)100-51-66-45-60(2)81(61(3)46-66)84(94)106(97,69-27-15-9-16-28-69)70-29-17-10-18-30-70,58-104-79(92)55-110-43-40-76(89)101-52-67-47-62(4)82(63(5)48-67)85(95)107(98,71-31-19-11-20-32-71)72-33-21-12-22-34-72)59-105-80(93)56-111-44-41-77(90)102-53-68-49-64(6)83(65(7)50-68)86(96)108(99,73-35-23-13-24-36-73)74-37-25-14-26-38-74/h9-38,45-50H,8,39-44,51-59H2,1-7H3. The quantitative estimate of drug-likeness (QED) is 0.0150. The van der Waals surface area contributed by atoms with Crippen LogP contribution in [-0.2, 0) is 90.7 Å². The number of carbonyl (C=O) groups excluding carboxylic acids is 9. The van der Waals surface area contributed by atoms with Crippen molar-refractivity contribution in [2.45, 2.75) is 94.0 Å². The van der Waals surface area contributed by atoms with E-state index in [4.69, 9.17) is 28.4 Å². The first-order valence-electron chi connectivity index (χ1n) is 36.1. The van der Waals surface area contributed by atoms with Gasteiger partial charge in [-0.3, -0.25) is 43.2 Å². The van der Waals surface area contributed by atoms with E-state index in [-0.39, 0.29) is 99.8 Å². The van der Waals surface area contributed by atoms with E-state index in [9.17, 15) is 56.8 Å². The highest BCUT2D eigenvalue weighted by Gasteiger charge is 2.42. The van der Waals surface area contributed by atoms with Gasteiger partial charge in [-0.25, -0.2) is 0 Å². The number of hydrogen-bond donors (Lipinski definition) is 0. The molecule has 0 saturated carbocycles. The minimum absolute atomic E-state index is 0.0552. The lowest BCUT2D eigenvalue weighted by Gasteiger charge is -2.31. The lowest BCUT2D eigenvalue weighted by Crippen LogP contribution is -2.39. The minimum atomic E-state index is -3.79. The molecule has 0 fully saturated rings. The van der Waals surface area contributed by atoms with Gasteiger partial charge in [0.1, 0.15) is 39.6 Å². The second kappa shape index (κ2) is 40.7. The molecule has 111 heavy (non-hydrogen) atoms. The van der Waals surface area contributed by atoms with Gasteiger partial charge in [0.2, 0.25) is 38.0 Å². The molecule has 0 unspecified atom stereocenters. The van der Waals surface area contributed by atoms with Crippen molar-refractivity contribution in [3.8, 4) is 0 Å². The fourth-order valence-electron chi connectivity index (χ4n) is 12.8. The van der Waals surface area contributed by atoms with E-state index in [1.54, 1.807) is 267 Å². The third kappa shape index (κ3) is 22.2. The maximum atomic E-state index is 14.9. The van der Waals surface area contributed by atoms with Crippen LogP contribution in [0.1, 0.15) is 114 Å². The van der Waals surface area contributed by atoms with Gasteiger partial charge in [-0.15, -0.1) is 35.3 Å². The molecule has 9 rings (SSSR count). The van der Waals surface area contributed by atoms with Crippen LogP contribution in [0.25, 0.3) is 0 Å². The molecule has 0 atom stereocenters. The summed E-state index contributed by atoms with van der Waals surface area (Å²) >= 11 is 3.38. The van der Waals surface area contributed by atoms with E-state index in [1.165, 1.54) is 0 Å². The highest BCUT2D eigenvalue weighted by atomic mass is 32.2. The zero-order chi connectivity index (χ0) is 79.7. The second-order valence-corrected chi connectivity index (χ2v) is 38.1. The Balaban J connectivity index is 0.750. The van der Waals surface area contributed by atoms with Crippen molar-refractivity contribution >= 4 is 141 Å². The molecule has 18 nitrogen and oxygen atoms in total. The zero-order valence-electron chi connectivity index (χ0n) is 63.0. The highest BCUT2D eigenvalue weighted by molar-refractivity contribution is 8.00. The Hall–Kier alpha value is -9.45. The van der Waals surface area contributed by atoms with Gasteiger partial charge in [-0.1, -0.05) is 225 Å². The van der Waals surface area contributed by atoms with Gasteiger partial charge in [0.25, 0.3) is 0 Å². The van der Waals surface area contributed by atoms with Gasteiger partial charge in [0.05, 0.1) is 41.9 Å². The van der Waals surface area contributed by atoms with Gasteiger partial charge in [-0.2, -0.15) is 0 Å². The molecule has 0 bridgehead atoms. The first kappa shape index (κ1) is 85.5. The molecule has 0 aromatic heterocycles. The Morgan fingerprint density at radius 2 is 0.495 bits per heavy atom. The number of rotatable bonds is 40. The fourth-order valence-corrected chi connectivity index (χ4v) is 22.7. The van der Waals surface area contributed by atoms with Crippen molar-refractivity contribution < 1.29 is 85.3 Å². The number of thioether (sulfide) groups is 3. The maximum Gasteiger partial charge on any atom is 0.315 e. The average Bonchev–Trinajstić information content (AvgIpc) is 0.767. The van der Waals surface area contributed by atoms with Crippen LogP contribution in [0, 0.1) is 47.0 Å². The largest absolute Gasteiger partial charge is 0.464 e. The number of carbonyl (C=O) groups is 9. The summed E-state index contributed by atoms with van der Waals surface area (Å²) in [7, 11) is -11.4. The van der Waals surface area contributed by atoms with Crippen molar-refractivity contribution in [1.29, 1.82) is 0 Å². The lowest BCUT2D eigenvalue weighted by atomic mass is 9.88. The van der Waals surface area contributed by atoms with Crippen LogP contribution in [0.15, 0.2) is 218 Å². The molecule has 0 aliphatic rings. The van der Waals surface area contributed by atoms with Crippen LogP contribution in [0.3, 0.4) is 0 Å². The van der Waals surface area contributed by atoms with Crippen LogP contribution < -0.4 is 31.8 Å². The highest BCUT2D eigenvalue weighted by Crippen LogP contribution is 2.51. The topological polar surface area (TPSA) is 260 Å². The first-order chi connectivity index (χ1) is 53.3. The first-order valence-corrected chi connectivity index (χ1v) is 44.7. The SMILES string of the molecule is CCC(COC(=O)CSCCC(=O)OCc1cc(C)c(C(=O)P(=O)(c2ccccc2)c2ccccc2)c(C)c1)(COC(=O)CSCCC(=O)OCc1cc(C)c(C(=O)P(=O)(c2ccccc2)c2ccccc2)c(C)c1)COC(=O)CSCCC(=O)OCc1cc(C)c(C(=O)P(=O)(c2ccccc2)c2ccccc2)c(C)c1. The van der Waals surface area contributed by atoms with E-state index in [0.717, 1.165) is 35.3 Å². The summed E-state index contributed by atoms with van der Waals surface area (Å²) in [6.45, 7) is 11.0. The predicted molar refractivity (Wildman–Crippen MR) is 441 cm³/mol. The fraction of sp³-hybridized carbons (Fsp3) is 0.276. The van der Waals surface area contributed by atoms with E-state index >= 15 is 0 Å². The number of benzene rings is 9. The van der Waals surface area contributed by atoms with E-state index < -0.39 is 79.2 Å². The van der Waals surface area contributed by atoms with Crippen LogP contribution >= 0.6 is 56.7 Å². The summed E-state index contributed by atoms with van der Waals surface area (Å²) in [6.07, 6.45) is 0.0412. The van der Waals surface area contributed by atoms with Gasteiger partial charge in [-0.05, 0) is 98.0 Å². The zero-order valence-corrected chi connectivity index (χ0v) is 68.1. The number of ether oxygens (including phenoxy) is 6. The Kier molecular flexibility index (Phi) is 31.3. The molecule has 0 spiro atoms. The van der Waals surface area contributed by atoms with Crippen molar-refractivity contribution in [2.75, 3.05) is 54.3 Å². The van der Waals surface area contributed by atoms with Crippen molar-refractivity contribution in [1.82, 2.24) is 0 Å². The molecule has 0 aliphatic carbocycles. The number of aryl methyl sites for hydroxylation is 6. The normalized spacial score (nSPS) is 11.6. The molecular formula is C87H89O18P3S3. The molecule has 578 valence electrons. The molecule has 24 heteroatoms. The third-order valence-electron chi connectivity index (χ3n) is 18.6. The average molecular weight is 1610 g/mol. The van der Waals surface area contributed by atoms with Crippen LogP contribution in [-0.4, -0.2) is 107 Å². The van der Waals surface area contributed by atoms with Gasteiger partial charge in [0.15, 0.2) is 0 Å². The Bertz CT molecular complexity index is 4280. The summed E-state index contributed by atoms with van der Waals surface area (Å²) in [6, 6.07) is 62.5. The molecule has 0 N–H and O–H groups in total. The molecule has 0 saturated heterocycles. The van der Waals surface area contributed by atoms with Crippen molar-refractivity contribution in [2.24, 2.45) is 5.41 Å². The summed E-state index contributed by atoms with van der Waals surface area (Å²) in [4.78, 5) is 122. The predicted octanol–water partition coefficient (Wildman–Crippen LogP) is 14.9. The Morgan fingerprint density at radius 3 is 0.685 bits per heavy atom. The van der Waals surface area contributed by atoms with E-state index in [2.05, 4.69) is 0 Å². The monoisotopic (exact) mass is 1610 g/mol. The summed E-state index contributed by atoms with van der Waals surface area (Å²) in [5.41, 5.74) is 3.60. The number of hydrogen-bond acceptors (Lipinski definition) is 21. The summed E-state index contributed by atoms with van der Waals surface area (Å²) in [5.74, 6) is -3.52. The second-order valence-electron chi connectivity index (χ2n) is 26.8. The van der Waals surface area contributed by atoms with Crippen molar-refractivity contribution in [3.05, 3.63) is 285 Å². The molecule has 0 amide bonds. The smallest absolute Gasteiger partial charge is 0.315 e. The third-order valence-corrected chi connectivity index (χ3v) is 29.9. The lowest BCUT2D eigenvalue weighted by molar-refractivity contribution is -0.159. The summed E-state index contributed by atoms with van der Waals surface area (Å²) < 4.78 is 78.7. The van der Waals surface area contributed by atoms with E-state index in [0.29, 0.717) is 98.6 Å². The van der Waals surface area contributed by atoms with Crippen LogP contribution in [0.5, 0.6) is 0 Å². The van der Waals surface area contributed by atoms with Gasteiger partial charge < -0.3 is 42.1 Å². The maximum absolute atomic E-state index is 14.9. The molecule has 9 aromatic rings. The minimum Gasteiger partial charge on any atom is -0.464 e. The molecule has 0 aliphatic heterocycles. The van der Waals surface area contributed by atoms with Gasteiger partial charge in [0, 0.05) is 65.8 Å². The molecule has 0 radical (unpaired) electrons. The number of esters is 6.